The van der Waals surface area contributed by atoms with Crippen molar-refractivity contribution in [2.45, 2.75) is 20.3 Å². The third-order valence-corrected chi connectivity index (χ3v) is 3.23. The summed E-state index contributed by atoms with van der Waals surface area (Å²) >= 11 is 0. The Labute approximate surface area is 105 Å². The predicted octanol–water partition coefficient (Wildman–Crippen LogP) is 2.74. The number of ether oxygens (including phenoxy) is 1. The summed E-state index contributed by atoms with van der Waals surface area (Å²) < 4.78 is 5.27. The Hall–Kier alpha value is -0.860. The zero-order valence-corrected chi connectivity index (χ0v) is 11.3. The lowest BCUT2D eigenvalue weighted by molar-refractivity contribution is 0.128. The van der Waals surface area contributed by atoms with Gasteiger partial charge in [-0.2, -0.15) is 0 Å². The quantitative estimate of drug-likeness (QED) is 0.748. The fourth-order valence-corrected chi connectivity index (χ4v) is 2.12. The molecular weight excluding hydrogens is 210 g/mol. The van der Waals surface area contributed by atoms with E-state index in [-0.39, 0.29) is 0 Å². The average molecular weight is 235 g/mol. The van der Waals surface area contributed by atoms with Crippen molar-refractivity contribution in [3.63, 3.8) is 0 Å². The van der Waals surface area contributed by atoms with Crippen LogP contribution in [-0.2, 0) is 11.2 Å². The summed E-state index contributed by atoms with van der Waals surface area (Å²) in [6.45, 7) is 7.36. The first-order valence-electron chi connectivity index (χ1n) is 6.51. The summed E-state index contributed by atoms with van der Waals surface area (Å²) in [7, 11) is 1.78. The van der Waals surface area contributed by atoms with Gasteiger partial charge < -0.3 is 10.1 Å². The molecule has 0 radical (unpaired) electrons. The van der Waals surface area contributed by atoms with Crippen molar-refractivity contribution in [3.8, 4) is 0 Å². The fraction of sp³-hybridized carbons (Fsp3) is 0.600. The van der Waals surface area contributed by atoms with Gasteiger partial charge in [-0.05, 0) is 36.9 Å². The van der Waals surface area contributed by atoms with Gasteiger partial charge in [0.1, 0.15) is 0 Å². The van der Waals surface area contributed by atoms with Crippen molar-refractivity contribution >= 4 is 0 Å². The number of benzene rings is 1. The van der Waals surface area contributed by atoms with Crippen molar-refractivity contribution in [1.29, 1.82) is 0 Å². The van der Waals surface area contributed by atoms with Gasteiger partial charge in [0.05, 0.1) is 0 Å². The number of nitrogens with one attached hydrogen (secondary N) is 1. The van der Waals surface area contributed by atoms with E-state index in [1.54, 1.807) is 7.11 Å². The van der Waals surface area contributed by atoms with Crippen LogP contribution in [0.25, 0.3) is 0 Å². The number of methoxy groups -OCH3 is 1. The second-order valence-electron chi connectivity index (χ2n) is 4.69. The average Bonchev–Trinajstić information content (AvgIpc) is 2.36. The molecule has 0 spiro atoms. The molecule has 1 aromatic carbocycles. The van der Waals surface area contributed by atoms with Gasteiger partial charge in [0, 0.05) is 13.7 Å². The Bertz CT molecular complexity index is 286. The molecule has 0 heterocycles. The summed E-state index contributed by atoms with van der Waals surface area (Å²) in [6, 6.07) is 10.7. The van der Waals surface area contributed by atoms with E-state index in [4.69, 9.17) is 4.74 Å². The Balaban J connectivity index is 2.56. The van der Waals surface area contributed by atoms with Gasteiger partial charge in [0.2, 0.25) is 0 Å². The molecule has 1 rings (SSSR count). The minimum atomic E-state index is 0.583. The van der Waals surface area contributed by atoms with Gasteiger partial charge in [-0.25, -0.2) is 0 Å². The highest BCUT2D eigenvalue weighted by Gasteiger charge is 2.17. The second kappa shape index (κ2) is 8.26. The van der Waals surface area contributed by atoms with Crippen LogP contribution in [0.5, 0.6) is 0 Å². The third-order valence-electron chi connectivity index (χ3n) is 3.23. The maximum Gasteiger partial charge on any atom is 0.0491 e. The highest BCUT2D eigenvalue weighted by Crippen LogP contribution is 2.17. The van der Waals surface area contributed by atoms with Crippen molar-refractivity contribution in [1.82, 2.24) is 5.32 Å². The Morgan fingerprint density at radius 3 is 2.53 bits per heavy atom. The van der Waals surface area contributed by atoms with E-state index < -0.39 is 0 Å². The maximum absolute atomic E-state index is 5.27. The van der Waals surface area contributed by atoms with Crippen LogP contribution in [0.1, 0.15) is 19.4 Å². The van der Waals surface area contributed by atoms with Crippen LogP contribution in [0.15, 0.2) is 30.3 Å². The standard InChI is InChI=1S/C15H25NO/c1-4-16-11-15(13(2)12-17-3)10-14-8-6-5-7-9-14/h5-9,13,15-16H,4,10-12H2,1-3H3. The molecule has 0 saturated carbocycles. The van der Waals surface area contributed by atoms with Crippen LogP contribution in [0.4, 0.5) is 0 Å². The summed E-state index contributed by atoms with van der Waals surface area (Å²) in [5.41, 5.74) is 1.42. The minimum absolute atomic E-state index is 0.583. The van der Waals surface area contributed by atoms with Crippen LogP contribution in [0.3, 0.4) is 0 Å². The topological polar surface area (TPSA) is 21.3 Å². The molecule has 1 aromatic rings. The van der Waals surface area contributed by atoms with Gasteiger partial charge >= 0.3 is 0 Å². The first kappa shape index (κ1) is 14.2. The lowest BCUT2D eigenvalue weighted by Gasteiger charge is -2.24. The van der Waals surface area contributed by atoms with Crippen LogP contribution in [0.2, 0.25) is 0 Å². The smallest absolute Gasteiger partial charge is 0.0491 e. The number of hydrogen-bond donors (Lipinski definition) is 1. The molecule has 17 heavy (non-hydrogen) atoms. The van der Waals surface area contributed by atoms with Crippen molar-refractivity contribution in [2.75, 3.05) is 26.8 Å². The van der Waals surface area contributed by atoms with Gasteiger partial charge in [-0.1, -0.05) is 44.2 Å². The zero-order chi connectivity index (χ0) is 12.5. The summed E-state index contributed by atoms with van der Waals surface area (Å²) in [6.07, 6.45) is 1.12. The van der Waals surface area contributed by atoms with E-state index in [1.807, 2.05) is 0 Å². The first-order chi connectivity index (χ1) is 8.27. The molecular formula is C15H25NO. The van der Waals surface area contributed by atoms with E-state index >= 15 is 0 Å². The van der Waals surface area contributed by atoms with Crippen molar-refractivity contribution < 1.29 is 4.74 Å². The van der Waals surface area contributed by atoms with Gasteiger partial charge in [-0.3, -0.25) is 0 Å². The summed E-state index contributed by atoms with van der Waals surface area (Å²) in [5.74, 6) is 1.22. The lowest BCUT2D eigenvalue weighted by Crippen LogP contribution is -2.30. The Kier molecular flexibility index (Phi) is 6.90. The van der Waals surface area contributed by atoms with Gasteiger partial charge in [0.15, 0.2) is 0 Å². The van der Waals surface area contributed by atoms with E-state index in [1.165, 1.54) is 5.56 Å². The first-order valence-corrected chi connectivity index (χ1v) is 6.51. The highest BCUT2D eigenvalue weighted by atomic mass is 16.5. The van der Waals surface area contributed by atoms with Crippen LogP contribution < -0.4 is 5.32 Å². The Morgan fingerprint density at radius 1 is 1.24 bits per heavy atom. The van der Waals surface area contributed by atoms with Crippen LogP contribution in [0, 0.1) is 11.8 Å². The summed E-state index contributed by atoms with van der Waals surface area (Å²) in [4.78, 5) is 0. The molecule has 0 aromatic heterocycles. The fourth-order valence-electron chi connectivity index (χ4n) is 2.12. The van der Waals surface area contributed by atoms with Crippen molar-refractivity contribution in [2.24, 2.45) is 11.8 Å². The second-order valence-corrected chi connectivity index (χ2v) is 4.69. The molecule has 96 valence electrons. The van der Waals surface area contributed by atoms with Crippen LogP contribution >= 0.6 is 0 Å². The van der Waals surface area contributed by atoms with E-state index in [9.17, 15) is 0 Å². The molecule has 0 aliphatic carbocycles. The van der Waals surface area contributed by atoms with Gasteiger partial charge in [-0.15, -0.1) is 0 Å². The zero-order valence-electron chi connectivity index (χ0n) is 11.3. The summed E-state index contributed by atoms with van der Waals surface area (Å²) in [5, 5.41) is 3.45. The molecule has 0 saturated heterocycles. The molecule has 2 unspecified atom stereocenters. The lowest BCUT2D eigenvalue weighted by atomic mass is 9.88. The largest absolute Gasteiger partial charge is 0.384 e. The van der Waals surface area contributed by atoms with Gasteiger partial charge in [0.25, 0.3) is 0 Å². The normalized spacial score (nSPS) is 14.5. The SMILES string of the molecule is CCNCC(Cc1ccccc1)C(C)COC. The van der Waals surface area contributed by atoms with E-state index in [0.717, 1.165) is 26.1 Å². The maximum atomic E-state index is 5.27. The molecule has 0 aliphatic heterocycles. The molecule has 0 bridgehead atoms. The van der Waals surface area contributed by atoms with Crippen LogP contribution in [-0.4, -0.2) is 26.8 Å². The monoisotopic (exact) mass is 235 g/mol. The molecule has 1 N–H and O–H groups in total. The highest BCUT2D eigenvalue weighted by molar-refractivity contribution is 5.15. The Morgan fingerprint density at radius 2 is 1.94 bits per heavy atom. The number of hydrogen-bond acceptors (Lipinski definition) is 2. The third kappa shape index (κ3) is 5.33. The van der Waals surface area contributed by atoms with E-state index in [0.29, 0.717) is 11.8 Å². The molecule has 0 amide bonds. The molecule has 0 aliphatic rings. The molecule has 2 heteroatoms. The van der Waals surface area contributed by atoms with E-state index in [2.05, 4.69) is 49.5 Å². The predicted molar refractivity (Wildman–Crippen MR) is 73.2 cm³/mol. The number of rotatable bonds is 8. The minimum Gasteiger partial charge on any atom is -0.384 e. The molecule has 2 atom stereocenters. The molecule has 2 nitrogen and oxygen atoms in total. The molecule has 0 fully saturated rings. The van der Waals surface area contributed by atoms with Crippen molar-refractivity contribution in [3.05, 3.63) is 35.9 Å².